The maximum absolute atomic E-state index is 13.2. The van der Waals surface area contributed by atoms with Crippen molar-refractivity contribution in [1.29, 1.82) is 0 Å². The summed E-state index contributed by atoms with van der Waals surface area (Å²) in [4.78, 5) is 24.4. The van der Waals surface area contributed by atoms with E-state index in [9.17, 15) is 14.0 Å². The van der Waals surface area contributed by atoms with E-state index in [1.54, 1.807) is 32.9 Å². The predicted octanol–water partition coefficient (Wildman–Crippen LogP) is 3.10. The van der Waals surface area contributed by atoms with Crippen LogP contribution in [0, 0.1) is 11.7 Å². The number of nitrogens with one attached hydrogen (secondary N) is 2. The van der Waals surface area contributed by atoms with Gasteiger partial charge in [0.05, 0.1) is 19.2 Å². The van der Waals surface area contributed by atoms with Gasteiger partial charge in [0, 0.05) is 0 Å². The van der Waals surface area contributed by atoms with Gasteiger partial charge in [-0.15, -0.1) is 0 Å². The Morgan fingerprint density at radius 2 is 1.85 bits per heavy atom. The Balaban J connectivity index is 2.00. The number of hydrogen-bond donors (Lipinski definition) is 2. The number of rotatable bonds is 8. The number of carbonyl (C=O) groups is 2. The van der Waals surface area contributed by atoms with E-state index in [1.807, 2.05) is 0 Å². The van der Waals surface area contributed by atoms with Crippen molar-refractivity contribution in [2.24, 2.45) is 5.92 Å². The second-order valence-corrected chi connectivity index (χ2v) is 7.34. The fourth-order valence-corrected chi connectivity index (χ4v) is 3.34. The molecule has 144 valence electrons. The third-order valence-corrected chi connectivity index (χ3v) is 4.89. The molecule has 0 radical (unpaired) electrons. The molecule has 1 aromatic rings. The molecule has 1 aromatic carbocycles. The van der Waals surface area contributed by atoms with Crippen LogP contribution in [-0.4, -0.2) is 30.6 Å². The second-order valence-electron chi connectivity index (χ2n) is 7.34. The van der Waals surface area contributed by atoms with Gasteiger partial charge in [-0.25, -0.2) is 4.39 Å². The zero-order chi connectivity index (χ0) is 19.2. The largest absolute Gasteiger partial charge is 0.465 e. The molecule has 1 atom stereocenters. The number of ether oxygens (including phenoxy) is 1. The van der Waals surface area contributed by atoms with Crippen LogP contribution in [0.4, 0.5) is 4.39 Å². The first-order valence-electron chi connectivity index (χ1n) is 9.30. The van der Waals surface area contributed by atoms with Gasteiger partial charge in [-0.05, 0) is 57.2 Å². The highest BCUT2D eigenvalue weighted by atomic mass is 19.1. The minimum Gasteiger partial charge on any atom is -0.465 e. The fraction of sp³-hybridized carbons (Fsp3) is 0.600. The van der Waals surface area contributed by atoms with Gasteiger partial charge in [-0.1, -0.05) is 25.0 Å². The summed E-state index contributed by atoms with van der Waals surface area (Å²) in [5.74, 6) is -0.521. The molecule has 0 spiro atoms. The lowest BCUT2D eigenvalue weighted by Gasteiger charge is -2.27. The van der Waals surface area contributed by atoms with Gasteiger partial charge in [0.15, 0.2) is 0 Å². The monoisotopic (exact) mass is 364 g/mol. The summed E-state index contributed by atoms with van der Waals surface area (Å²) < 4.78 is 18.3. The number of esters is 1. The molecule has 5 nitrogen and oxygen atoms in total. The number of benzene rings is 1. The molecule has 0 bridgehead atoms. The van der Waals surface area contributed by atoms with Gasteiger partial charge in [0.25, 0.3) is 0 Å². The van der Waals surface area contributed by atoms with Crippen LogP contribution in [0.15, 0.2) is 24.3 Å². The summed E-state index contributed by atoms with van der Waals surface area (Å²) in [5, 5.41) is 6.02. The third-order valence-electron chi connectivity index (χ3n) is 4.89. The quantitative estimate of drug-likeness (QED) is 0.696. The molecule has 6 heteroatoms. The minimum atomic E-state index is -0.938. The Hall–Kier alpha value is -1.95. The standard InChI is InChI=1S/C20H29FN2O3/c1-4-26-19(25)20(2,3)22-13-17(24)23-18(14-7-5-6-8-14)15-9-11-16(21)12-10-15/h9-12,14,18,22H,4-8,13H2,1-3H3,(H,23,24). The second kappa shape index (κ2) is 9.12. The van der Waals surface area contributed by atoms with Crippen LogP contribution in [0.2, 0.25) is 0 Å². The van der Waals surface area contributed by atoms with Gasteiger partial charge in [-0.3, -0.25) is 14.9 Å². The summed E-state index contributed by atoms with van der Waals surface area (Å²) in [5.41, 5.74) is -0.0252. The maximum Gasteiger partial charge on any atom is 0.325 e. The van der Waals surface area contributed by atoms with E-state index in [1.165, 1.54) is 12.1 Å². The van der Waals surface area contributed by atoms with E-state index in [0.29, 0.717) is 12.5 Å². The van der Waals surface area contributed by atoms with Crippen LogP contribution < -0.4 is 10.6 Å². The van der Waals surface area contributed by atoms with Crippen LogP contribution >= 0.6 is 0 Å². The highest BCUT2D eigenvalue weighted by molar-refractivity contribution is 5.82. The molecule has 1 fully saturated rings. The van der Waals surface area contributed by atoms with Crippen molar-refractivity contribution in [1.82, 2.24) is 10.6 Å². The molecular weight excluding hydrogens is 335 g/mol. The summed E-state index contributed by atoms with van der Waals surface area (Å²) in [6, 6.07) is 6.17. The average molecular weight is 364 g/mol. The van der Waals surface area contributed by atoms with Crippen molar-refractivity contribution < 1.29 is 18.7 Å². The van der Waals surface area contributed by atoms with E-state index < -0.39 is 11.5 Å². The molecule has 1 aliphatic carbocycles. The van der Waals surface area contributed by atoms with Crippen molar-refractivity contribution in [2.75, 3.05) is 13.2 Å². The molecule has 1 aliphatic rings. The van der Waals surface area contributed by atoms with Crippen molar-refractivity contribution in [2.45, 2.75) is 58.0 Å². The maximum atomic E-state index is 13.2. The Morgan fingerprint density at radius 3 is 2.42 bits per heavy atom. The highest BCUT2D eigenvalue weighted by Crippen LogP contribution is 2.35. The molecule has 1 amide bonds. The smallest absolute Gasteiger partial charge is 0.325 e. The lowest BCUT2D eigenvalue weighted by Crippen LogP contribution is -2.51. The van der Waals surface area contributed by atoms with Crippen LogP contribution in [0.5, 0.6) is 0 Å². The van der Waals surface area contributed by atoms with Crippen molar-refractivity contribution in [3.63, 3.8) is 0 Å². The van der Waals surface area contributed by atoms with E-state index in [-0.39, 0.29) is 24.3 Å². The lowest BCUT2D eigenvalue weighted by atomic mass is 9.91. The molecule has 1 saturated carbocycles. The van der Waals surface area contributed by atoms with Crippen LogP contribution in [0.3, 0.4) is 0 Å². The Morgan fingerprint density at radius 1 is 1.23 bits per heavy atom. The summed E-state index contributed by atoms with van der Waals surface area (Å²) in [6.07, 6.45) is 4.38. The first-order valence-corrected chi connectivity index (χ1v) is 9.30. The third kappa shape index (κ3) is 5.53. The lowest BCUT2D eigenvalue weighted by molar-refractivity contribution is -0.149. The van der Waals surface area contributed by atoms with Gasteiger partial charge >= 0.3 is 5.97 Å². The Bertz CT molecular complexity index is 610. The zero-order valence-electron chi connectivity index (χ0n) is 15.8. The minimum absolute atomic E-state index is 0.0101. The highest BCUT2D eigenvalue weighted by Gasteiger charge is 2.31. The van der Waals surface area contributed by atoms with Gasteiger partial charge in [0.1, 0.15) is 11.4 Å². The number of hydrogen-bond acceptors (Lipinski definition) is 4. The molecule has 0 saturated heterocycles. The topological polar surface area (TPSA) is 67.4 Å². The van der Waals surface area contributed by atoms with Crippen LogP contribution in [-0.2, 0) is 14.3 Å². The fourth-order valence-electron chi connectivity index (χ4n) is 3.34. The van der Waals surface area contributed by atoms with E-state index in [0.717, 1.165) is 31.2 Å². The van der Waals surface area contributed by atoms with Crippen molar-refractivity contribution >= 4 is 11.9 Å². The molecule has 0 heterocycles. The first-order chi connectivity index (χ1) is 12.3. The number of carbonyl (C=O) groups excluding carboxylic acids is 2. The molecule has 1 unspecified atom stereocenters. The molecule has 2 rings (SSSR count). The van der Waals surface area contributed by atoms with Gasteiger partial charge in [0.2, 0.25) is 5.91 Å². The molecule has 26 heavy (non-hydrogen) atoms. The normalized spacial score (nSPS) is 16.3. The Labute approximate surface area is 154 Å². The van der Waals surface area contributed by atoms with E-state index in [2.05, 4.69) is 10.6 Å². The molecule has 0 aromatic heterocycles. The molecule has 2 N–H and O–H groups in total. The van der Waals surface area contributed by atoms with Gasteiger partial charge < -0.3 is 10.1 Å². The first kappa shape index (κ1) is 20.4. The summed E-state index contributed by atoms with van der Waals surface area (Å²) in [6.45, 7) is 5.43. The molecule has 0 aliphatic heterocycles. The van der Waals surface area contributed by atoms with Crippen molar-refractivity contribution in [3.8, 4) is 0 Å². The van der Waals surface area contributed by atoms with Crippen molar-refractivity contribution in [3.05, 3.63) is 35.6 Å². The summed E-state index contributed by atoms with van der Waals surface area (Å²) in [7, 11) is 0. The number of halogens is 1. The summed E-state index contributed by atoms with van der Waals surface area (Å²) >= 11 is 0. The Kier molecular flexibility index (Phi) is 7.14. The number of amides is 1. The average Bonchev–Trinajstić information content (AvgIpc) is 3.13. The van der Waals surface area contributed by atoms with Gasteiger partial charge in [-0.2, -0.15) is 0 Å². The predicted molar refractivity (Wildman–Crippen MR) is 98.0 cm³/mol. The van der Waals surface area contributed by atoms with Crippen LogP contribution in [0.25, 0.3) is 0 Å². The SMILES string of the molecule is CCOC(=O)C(C)(C)NCC(=O)NC(c1ccc(F)cc1)C1CCCC1. The van der Waals surface area contributed by atoms with E-state index >= 15 is 0 Å². The zero-order valence-corrected chi connectivity index (χ0v) is 15.8. The van der Waals surface area contributed by atoms with Crippen LogP contribution in [0.1, 0.15) is 58.1 Å². The molecular formula is C20H29FN2O3. The van der Waals surface area contributed by atoms with E-state index in [4.69, 9.17) is 4.74 Å².